The van der Waals surface area contributed by atoms with Crippen LogP contribution in [0.3, 0.4) is 0 Å². The summed E-state index contributed by atoms with van der Waals surface area (Å²) in [5.74, 6) is 0.561. The van der Waals surface area contributed by atoms with Crippen molar-refractivity contribution in [2.75, 3.05) is 0 Å². The molecule has 0 aliphatic rings. The second kappa shape index (κ2) is 9.21. The highest BCUT2D eigenvalue weighted by Gasteiger charge is 2.27. The molecular weight excluding hydrogens is 428 g/mol. The molecule has 0 aliphatic carbocycles. The summed E-state index contributed by atoms with van der Waals surface area (Å²) in [5, 5.41) is 7.66. The Hall–Kier alpha value is -2.00. The average Bonchev–Trinajstić information content (AvgIpc) is 3.09. The van der Waals surface area contributed by atoms with Crippen molar-refractivity contribution in [1.29, 1.82) is 0 Å². The van der Waals surface area contributed by atoms with Crippen LogP contribution >= 0.6 is 23.8 Å². The minimum atomic E-state index is -3.79. The van der Waals surface area contributed by atoms with Gasteiger partial charge in [0.25, 0.3) is 0 Å². The molecule has 3 aromatic rings. The maximum Gasteiger partial charge on any atom is 0.241 e. The molecule has 1 heterocycles. The van der Waals surface area contributed by atoms with Crippen LogP contribution in [0.25, 0.3) is 0 Å². The largest absolute Gasteiger partial charge is 0.300 e. The van der Waals surface area contributed by atoms with E-state index < -0.39 is 16.1 Å². The number of aromatic amines is 1. The molecule has 29 heavy (non-hydrogen) atoms. The second-order valence-corrected chi connectivity index (χ2v) is 9.37. The van der Waals surface area contributed by atoms with Crippen molar-refractivity contribution < 1.29 is 8.42 Å². The highest BCUT2D eigenvalue weighted by atomic mass is 35.5. The van der Waals surface area contributed by atoms with Crippen molar-refractivity contribution in [3.05, 3.63) is 75.8 Å². The Kier molecular flexibility index (Phi) is 6.89. The fourth-order valence-corrected chi connectivity index (χ4v) is 4.71. The Morgan fingerprint density at radius 3 is 2.45 bits per heavy atom. The van der Waals surface area contributed by atoms with Crippen LogP contribution in [0.15, 0.2) is 59.5 Å². The van der Waals surface area contributed by atoms with Crippen LogP contribution in [0.1, 0.15) is 43.7 Å². The summed E-state index contributed by atoms with van der Waals surface area (Å²) in [6.07, 6.45) is 1.27. The first-order valence-electron chi connectivity index (χ1n) is 9.30. The van der Waals surface area contributed by atoms with E-state index in [-0.39, 0.29) is 10.9 Å². The quantitative estimate of drug-likeness (QED) is 0.482. The van der Waals surface area contributed by atoms with Gasteiger partial charge in [-0.05, 0) is 61.8 Å². The molecule has 0 saturated carbocycles. The Morgan fingerprint density at radius 2 is 1.83 bits per heavy atom. The number of nitrogens with one attached hydrogen (secondary N) is 2. The van der Waals surface area contributed by atoms with Crippen LogP contribution in [0, 0.1) is 4.77 Å². The van der Waals surface area contributed by atoms with Gasteiger partial charge in [0, 0.05) is 11.1 Å². The lowest BCUT2D eigenvalue weighted by Crippen LogP contribution is -2.32. The summed E-state index contributed by atoms with van der Waals surface area (Å²) in [4.78, 5) is 0.143. The first-order chi connectivity index (χ1) is 13.8. The molecule has 0 aliphatic heterocycles. The SMILES string of the molecule is CCC(C)n1c([C@@H](Cc2ccccc2)NS(=O)(=O)c2ccc(Cl)cc2)n[nH]c1=S. The molecule has 1 aromatic heterocycles. The number of nitrogens with zero attached hydrogens (tertiary/aromatic N) is 2. The molecule has 1 unspecified atom stereocenters. The van der Waals surface area contributed by atoms with E-state index in [0.717, 1.165) is 12.0 Å². The Labute approximate surface area is 181 Å². The third-order valence-corrected chi connectivity index (χ3v) is 6.81. The number of sulfonamides is 1. The van der Waals surface area contributed by atoms with E-state index in [1.54, 1.807) is 12.1 Å². The van der Waals surface area contributed by atoms with Crippen molar-refractivity contribution in [2.24, 2.45) is 0 Å². The fourth-order valence-electron chi connectivity index (χ4n) is 3.08. The number of hydrogen-bond donors (Lipinski definition) is 2. The fraction of sp³-hybridized carbons (Fsp3) is 0.300. The lowest BCUT2D eigenvalue weighted by molar-refractivity contribution is 0.463. The minimum absolute atomic E-state index is 0.0783. The van der Waals surface area contributed by atoms with E-state index in [1.807, 2.05) is 48.7 Å². The van der Waals surface area contributed by atoms with E-state index in [9.17, 15) is 8.42 Å². The van der Waals surface area contributed by atoms with Gasteiger partial charge < -0.3 is 0 Å². The van der Waals surface area contributed by atoms with Gasteiger partial charge in [0.1, 0.15) is 5.82 Å². The van der Waals surface area contributed by atoms with Crippen LogP contribution in [0.2, 0.25) is 5.02 Å². The van der Waals surface area contributed by atoms with Crippen LogP contribution < -0.4 is 4.72 Å². The zero-order valence-electron chi connectivity index (χ0n) is 16.2. The van der Waals surface area contributed by atoms with Gasteiger partial charge in [-0.15, -0.1) is 0 Å². The molecule has 2 aromatic carbocycles. The Bertz CT molecular complexity index is 1110. The van der Waals surface area contributed by atoms with Gasteiger partial charge in [-0.1, -0.05) is 48.9 Å². The topological polar surface area (TPSA) is 79.8 Å². The van der Waals surface area contributed by atoms with E-state index in [2.05, 4.69) is 14.9 Å². The Balaban J connectivity index is 2.02. The van der Waals surface area contributed by atoms with E-state index in [0.29, 0.717) is 22.0 Å². The smallest absolute Gasteiger partial charge is 0.241 e. The molecule has 3 rings (SSSR count). The van der Waals surface area contributed by atoms with Crippen LogP contribution in [-0.4, -0.2) is 23.2 Å². The number of aromatic nitrogens is 3. The number of halogens is 1. The molecule has 9 heteroatoms. The highest BCUT2D eigenvalue weighted by molar-refractivity contribution is 7.89. The zero-order chi connectivity index (χ0) is 21.0. The van der Waals surface area contributed by atoms with Gasteiger partial charge in [-0.2, -0.15) is 5.10 Å². The number of rotatable bonds is 8. The van der Waals surface area contributed by atoms with Crippen LogP contribution in [0.5, 0.6) is 0 Å². The molecule has 0 amide bonds. The van der Waals surface area contributed by atoms with Crippen molar-refractivity contribution in [1.82, 2.24) is 19.5 Å². The highest BCUT2D eigenvalue weighted by Crippen LogP contribution is 2.24. The van der Waals surface area contributed by atoms with Crippen molar-refractivity contribution in [2.45, 2.75) is 43.7 Å². The third kappa shape index (κ3) is 5.14. The van der Waals surface area contributed by atoms with Crippen molar-refractivity contribution >= 4 is 33.8 Å². The normalized spacial score (nSPS) is 13.9. The molecule has 0 saturated heterocycles. The molecule has 154 valence electrons. The van der Waals surface area contributed by atoms with Gasteiger partial charge >= 0.3 is 0 Å². The first kappa shape index (κ1) is 21.7. The summed E-state index contributed by atoms with van der Waals surface area (Å²) >= 11 is 11.3. The first-order valence-corrected chi connectivity index (χ1v) is 11.6. The molecule has 2 N–H and O–H groups in total. The molecule has 0 bridgehead atoms. The lowest BCUT2D eigenvalue weighted by Gasteiger charge is -2.22. The minimum Gasteiger partial charge on any atom is -0.300 e. The summed E-state index contributed by atoms with van der Waals surface area (Å²) < 4.78 is 31.3. The van der Waals surface area contributed by atoms with Gasteiger partial charge in [0.05, 0.1) is 10.9 Å². The maximum absolute atomic E-state index is 13.0. The van der Waals surface area contributed by atoms with E-state index in [1.165, 1.54) is 12.1 Å². The monoisotopic (exact) mass is 450 g/mol. The van der Waals surface area contributed by atoms with Gasteiger partial charge in [0.2, 0.25) is 10.0 Å². The summed E-state index contributed by atoms with van der Waals surface area (Å²) in [6.45, 7) is 4.08. The maximum atomic E-state index is 13.0. The predicted octanol–water partition coefficient (Wildman–Crippen LogP) is 4.83. The molecule has 0 fully saturated rings. The third-order valence-electron chi connectivity index (χ3n) is 4.78. The Morgan fingerprint density at radius 1 is 1.17 bits per heavy atom. The zero-order valence-corrected chi connectivity index (χ0v) is 18.6. The van der Waals surface area contributed by atoms with Crippen LogP contribution in [-0.2, 0) is 16.4 Å². The standard InChI is InChI=1S/C20H23ClN4O2S2/c1-3-14(2)25-19(22-23-20(25)28)18(13-15-7-5-4-6-8-15)24-29(26,27)17-11-9-16(21)10-12-17/h4-12,14,18,24H,3,13H2,1-2H3,(H,23,28)/t14?,18-/m1/s1. The number of hydrogen-bond acceptors (Lipinski definition) is 4. The predicted molar refractivity (Wildman–Crippen MR) is 117 cm³/mol. The molecule has 0 radical (unpaired) electrons. The number of H-pyrrole nitrogens is 1. The summed E-state index contributed by atoms with van der Waals surface area (Å²) in [7, 11) is -3.79. The number of benzene rings is 2. The second-order valence-electron chi connectivity index (χ2n) is 6.83. The van der Waals surface area contributed by atoms with E-state index in [4.69, 9.17) is 23.8 Å². The molecule has 6 nitrogen and oxygen atoms in total. The molecule has 0 spiro atoms. The van der Waals surface area contributed by atoms with Gasteiger partial charge in [-0.25, -0.2) is 13.1 Å². The van der Waals surface area contributed by atoms with Gasteiger partial charge in [0.15, 0.2) is 4.77 Å². The van der Waals surface area contributed by atoms with Crippen molar-refractivity contribution in [3.8, 4) is 0 Å². The lowest BCUT2D eigenvalue weighted by atomic mass is 10.1. The summed E-state index contributed by atoms with van der Waals surface area (Å²) in [5.41, 5.74) is 0.987. The van der Waals surface area contributed by atoms with Crippen LogP contribution in [0.4, 0.5) is 0 Å². The average molecular weight is 451 g/mol. The summed E-state index contributed by atoms with van der Waals surface area (Å²) in [6, 6.07) is 15.2. The molecule has 2 atom stereocenters. The van der Waals surface area contributed by atoms with Gasteiger partial charge in [-0.3, -0.25) is 9.67 Å². The molecular formula is C20H23ClN4O2S2. The van der Waals surface area contributed by atoms with E-state index >= 15 is 0 Å². The van der Waals surface area contributed by atoms with Crippen molar-refractivity contribution in [3.63, 3.8) is 0 Å².